The lowest BCUT2D eigenvalue weighted by Crippen LogP contribution is -1.84. The Kier molecular flexibility index (Phi) is 3.25. The molecule has 1 N–H and O–H groups in total. The summed E-state index contributed by atoms with van der Waals surface area (Å²) in [7, 11) is 0. The molecule has 0 saturated carbocycles. The predicted octanol–water partition coefficient (Wildman–Crippen LogP) is 4.28. The van der Waals surface area contributed by atoms with Gasteiger partial charge < -0.3 is 9.63 Å². The quantitative estimate of drug-likeness (QED) is 0.769. The molecular weight excluding hydrogens is 250 g/mol. The predicted molar refractivity (Wildman–Crippen MR) is 78.4 cm³/mol. The molecular formula is C17H15NO2. The molecule has 3 rings (SSSR count). The van der Waals surface area contributed by atoms with Gasteiger partial charge in [-0.2, -0.15) is 0 Å². The fraction of sp³-hybridized carbons (Fsp3) is 0.118. The summed E-state index contributed by atoms with van der Waals surface area (Å²) in [6.45, 7) is 2.03. The molecule has 0 saturated heterocycles. The summed E-state index contributed by atoms with van der Waals surface area (Å²) in [5.41, 5.74) is 4.18. The first-order chi connectivity index (χ1) is 9.78. The summed E-state index contributed by atoms with van der Waals surface area (Å²) in [6, 6.07) is 15.6. The molecule has 0 radical (unpaired) electrons. The molecule has 0 aliphatic heterocycles. The first-order valence-electron chi connectivity index (χ1n) is 6.61. The van der Waals surface area contributed by atoms with Crippen molar-refractivity contribution in [3.05, 3.63) is 60.3 Å². The standard InChI is InChI=1S/C17H15NO2/c1-2-12-11-15(7-8-16(12)19)13-3-5-14(6-4-13)17-9-10-18-20-17/h3-11,19H,2H2,1H3. The molecule has 1 heterocycles. The Morgan fingerprint density at radius 2 is 1.65 bits per heavy atom. The largest absolute Gasteiger partial charge is 0.508 e. The number of aromatic hydroxyl groups is 1. The van der Waals surface area contributed by atoms with Crippen LogP contribution in [0.2, 0.25) is 0 Å². The fourth-order valence-electron chi connectivity index (χ4n) is 2.24. The Hall–Kier alpha value is -2.55. The third-order valence-electron chi connectivity index (χ3n) is 3.40. The fourth-order valence-corrected chi connectivity index (χ4v) is 2.24. The van der Waals surface area contributed by atoms with Crippen molar-refractivity contribution in [3.63, 3.8) is 0 Å². The molecule has 100 valence electrons. The number of hydrogen-bond donors (Lipinski definition) is 1. The van der Waals surface area contributed by atoms with Crippen LogP contribution in [0.4, 0.5) is 0 Å². The number of rotatable bonds is 3. The Bertz CT molecular complexity index is 700. The number of phenols is 1. The van der Waals surface area contributed by atoms with Crippen molar-refractivity contribution in [3.8, 4) is 28.2 Å². The summed E-state index contributed by atoms with van der Waals surface area (Å²) >= 11 is 0. The summed E-state index contributed by atoms with van der Waals surface area (Å²) in [5.74, 6) is 1.12. The summed E-state index contributed by atoms with van der Waals surface area (Å²) in [4.78, 5) is 0. The van der Waals surface area contributed by atoms with Gasteiger partial charge in [-0.05, 0) is 35.2 Å². The van der Waals surface area contributed by atoms with E-state index in [0.717, 1.165) is 34.4 Å². The first kappa shape index (κ1) is 12.5. The van der Waals surface area contributed by atoms with E-state index in [2.05, 4.69) is 5.16 Å². The topological polar surface area (TPSA) is 46.3 Å². The molecule has 0 fully saturated rings. The summed E-state index contributed by atoms with van der Waals surface area (Å²) in [6.07, 6.45) is 2.45. The van der Waals surface area contributed by atoms with E-state index in [-0.39, 0.29) is 0 Å². The Morgan fingerprint density at radius 1 is 0.950 bits per heavy atom. The van der Waals surface area contributed by atoms with Crippen LogP contribution in [0.5, 0.6) is 5.75 Å². The van der Waals surface area contributed by atoms with Crippen LogP contribution >= 0.6 is 0 Å². The van der Waals surface area contributed by atoms with Crippen LogP contribution in [0.1, 0.15) is 12.5 Å². The van der Waals surface area contributed by atoms with Crippen molar-refractivity contribution in [2.75, 3.05) is 0 Å². The van der Waals surface area contributed by atoms with E-state index < -0.39 is 0 Å². The Balaban J connectivity index is 1.95. The molecule has 0 amide bonds. The monoisotopic (exact) mass is 265 g/mol. The van der Waals surface area contributed by atoms with Crippen molar-refractivity contribution >= 4 is 0 Å². The van der Waals surface area contributed by atoms with Crippen LogP contribution < -0.4 is 0 Å². The number of hydrogen-bond acceptors (Lipinski definition) is 3. The maximum Gasteiger partial charge on any atom is 0.166 e. The van der Waals surface area contributed by atoms with E-state index in [0.29, 0.717) is 5.75 Å². The van der Waals surface area contributed by atoms with Gasteiger partial charge in [0.05, 0.1) is 6.20 Å². The lowest BCUT2D eigenvalue weighted by molar-refractivity contribution is 0.432. The van der Waals surface area contributed by atoms with Gasteiger partial charge in [0.15, 0.2) is 5.76 Å². The Labute approximate surface area is 117 Å². The second-order valence-electron chi connectivity index (χ2n) is 4.65. The molecule has 3 nitrogen and oxygen atoms in total. The normalized spacial score (nSPS) is 10.7. The van der Waals surface area contributed by atoms with Gasteiger partial charge in [0.2, 0.25) is 0 Å². The zero-order chi connectivity index (χ0) is 13.9. The smallest absolute Gasteiger partial charge is 0.166 e. The van der Waals surface area contributed by atoms with Crippen LogP contribution in [0.15, 0.2) is 59.3 Å². The third kappa shape index (κ3) is 2.30. The molecule has 0 atom stereocenters. The number of phenolic OH excluding ortho intramolecular Hbond substituents is 1. The molecule has 3 aromatic rings. The molecule has 0 aliphatic rings. The van der Waals surface area contributed by atoms with E-state index in [1.54, 1.807) is 12.3 Å². The van der Waals surface area contributed by atoms with Crippen molar-refractivity contribution in [2.45, 2.75) is 13.3 Å². The van der Waals surface area contributed by atoms with Crippen molar-refractivity contribution in [1.82, 2.24) is 5.16 Å². The minimum Gasteiger partial charge on any atom is -0.508 e. The van der Waals surface area contributed by atoms with Gasteiger partial charge in [-0.25, -0.2) is 0 Å². The average Bonchev–Trinajstić information content (AvgIpc) is 3.02. The van der Waals surface area contributed by atoms with Crippen molar-refractivity contribution in [2.24, 2.45) is 0 Å². The zero-order valence-corrected chi connectivity index (χ0v) is 11.2. The molecule has 0 unspecified atom stereocenters. The molecule has 0 spiro atoms. The highest BCUT2D eigenvalue weighted by molar-refractivity contribution is 5.69. The van der Waals surface area contributed by atoms with Gasteiger partial charge in [0.25, 0.3) is 0 Å². The molecule has 0 aliphatic carbocycles. The van der Waals surface area contributed by atoms with E-state index >= 15 is 0 Å². The summed E-state index contributed by atoms with van der Waals surface area (Å²) < 4.78 is 5.13. The highest BCUT2D eigenvalue weighted by atomic mass is 16.5. The van der Waals surface area contributed by atoms with E-state index in [9.17, 15) is 5.11 Å². The van der Waals surface area contributed by atoms with Crippen LogP contribution in [-0.4, -0.2) is 10.3 Å². The van der Waals surface area contributed by atoms with Crippen LogP contribution in [-0.2, 0) is 6.42 Å². The van der Waals surface area contributed by atoms with Crippen LogP contribution in [0.3, 0.4) is 0 Å². The molecule has 1 aromatic heterocycles. The molecule has 20 heavy (non-hydrogen) atoms. The second-order valence-corrected chi connectivity index (χ2v) is 4.65. The maximum atomic E-state index is 9.73. The number of nitrogens with zero attached hydrogens (tertiary/aromatic N) is 1. The maximum absolute atomic E-state index is 9.73. The van der Waals surface area contributed by atoms with Gasteiger partial charge in [-0.1, -0.05) is 42.4 Å². The SMILES string of the molecule is CCc1cc(-c2ccc(-c3ccno3)cc2)ccc1O. The molecule has 2 aromatic carbocycles. The first-order valence-corrected chi connectivity index (χ1v) is 6.61. The van der Waals surface area contributed by atoms with Gasteiger partial charge >= 0.3 is 0 Å². The van der Waals surface area contributed by atoms with E-state index in [1.165, 1.54) is 0 Å². The van der Waals surface area contributed by atoms with Gasteiger partial charge in [0.1, 0.15) is 5.75 Å². The van der Waals surface area contributed by atoms with Gasteiger partial charge in [0, 0.05) is 11.6 Å². The number of aromatic nitrogens is 1. The highest BCUT2D eigenvalue weighted by Gasteiger charge is 2.05. The zero-order valence-electron chi connectivity index (χ0n) is 11.2. The van der Waals surface area contributed by atoms with E-state index in [1.807, 2.05) is 49.4 Å². The minimum absolute atomic E-state index is 0.356. The molecule has 3 heteroatoms. The van der Waals surface area contributed by atoms with Crippen molar-refractivity contribution < 1.29 is 9.63 Å². The average molecular weight is 265 g/mol. The molecule has 0 bridgehead atoms. The Morgan fingerprint density at radius 3 is 2.30 bits per heavy atom. The van der Waals surface area contributed by atoms with Gasteiger partial charge in [-0.15, -0.1) is 0 Å². The minimum atomic E-state index is 0.356. The summed E-state index contributed by atoms with van der Waals surface area (Å²) in [5, 5.41) is 13.4. The van der Waals surface area contributed by atoms with Crippen LogP contribution in [0.25, 0.3) is 22.5 Å². The van der Waals surface area contributed by atoms with E-state index in [4.69, 9.17) is 4.52 Å². The lowest BCUT2D eigenvalue weighted by Gasteiger charge is -2.07. The number of benzene rings is 2. The third-order valence-corrected chi connectivity index (χ3v) is 3.40. The number of aryl methyl sites for hydroxylation is 1. The van der Waals surface area contributed by atoms with Gasteiger partial charge in [-0.3, -0.25) is 0 Å². The second kappa shape index (κ2) is 5.21. The lowest BCUT2D eigenvalue weighted by atomic mass is 10.00. The highest BCUT2D eigenvalue weighted by Crippen LogP contribution is 2.28. The van der Waals surface area contributed by atoms with Crippen LogP contribution in [0, 0.1) is 0 Å². The van der Waals surface area contributed by atoms with Crippen molar-refractivity contribution in [1.29, 1.82) is 0 Å².